The van der Waals surface area contributed by atoms with Crippen LogP contribution in [0.15, 0.2) is 36.8 Å². The molecule has 2 aromatic rings. The molecular formula is C15H20BN3O2. The molecule has 1 fully saturated rings. The summed E-state index contributed by atoms with van der Waals surface area (Å²) in [6.07, 6.45) is 5.52. The van der Waals surface area contributed by atoms with Gasteiger partial charge < -0.3 is 9.31 Å². The van der Waals surface area contributed by atoms with E-state index in [0.29, 0.717) is 6.54 Å². The Kier molecular flexibility index (Phi) is 3.38. The first-order chi connectivity index (χ1) is 9.87. The van der Waals surface area contributed by atoms with Crippen molar-refractivity contribution in [3.05, 3.63) is 42.4 Å². The maximum atomic E-state index is 6.01. The van der Waals surface area contributed by atoms with Gasteiger partial charge in [0.2, 0.25) is 0 Å². The van der Waals surface area contributed by atoms with Crippen molar-refractivity contribution in [2.24, 2.45) is 0 Å². The summed E-state index contributed by atoms with van der Waals surface area (Å²) in [5.41, 5.74) is 1.29. The standard InChI is InChI=1S/C15H20BN3O2/c1-14(2)15(3,4)21-16(20-14)13-7-10-19(18-13)11-12-5-8-17-9-6-12/h5-10H,11H2,1-4H3. The minimum Gasteiger partial charge on any atom is -0.398 e. The van der Waals surface area contributed by atoms with Crippen LogP contribution in [0, 0.1) is 0 Å². The van der Waals surface area contributed by atoms with Gasteiger partial charge in [-0.2, -0.15) is 5.10 Å². The SMILES string of the molecule is CC1(C)OB(c2ccn(Cc3ccncc3)n2)OC1(C)C. The lowest BCUT2D eigenvalue weighted by Crippen LogP contribution is -2.41. The van der Waals surface area contributed by atoms with Crippen LogP contribution in [0.1, 0.15) is 33.3 Å². The molecule has 0 atom stereocenters. The maximum absolute atomic E-state index is 6.01. The molecule has 3 rings (SSSR count). The van der Waals surface area contributed by atoms with E-state index in [1.807, 2.05) is 56.8 Å². The van der Waals surface area contributed by atoms with Crippen molar-refractivity contribution in [1.82, 2.24) is 14.8 Å². The van der Waals surface area contributed by atoms with Crippen molar-refractivity contribution in [2.45, 2.75) is 45.4 Å². The summed E-state index contributed by atoms with van der Waals surface area (Å²) >= 11 is 0. The lowest BCUT2D eigenvalue weighted by atomic mass is 9.85. The van der Waals surface area contributed by atoms with Gasteiger partial charge in [-0.3, -0.25) is 9.67 Å². The minimum atomic E-state index is -0.409. The molecule has 0 amide bonds. The molecule has 1 aliphatic heterocycles. The Balaban J connectivity index is 1.74. The third kappa shape index (κ3) is 2.73. The van der Waals surface area contributed by atoms with E-state index < -0.39 is 7.12 Å². The van der Waals surface area contributed by atoms with E-state index in [2.05, 4.69) is 10.1 Å². The second-order valence-electron chi connectivity index (χ2n) is 6.38. The van der Waals surface area contributed by atoms with Crippen LogP contribution in [-0.2, 0) is 15.9 Å². The van der Waals surface area contributed by atoms with Crippen LogP contribution in [0.2, 0.25) is 0 Å². The molecule has 1 saturated heterocycles. The average molecular weight is 285 g/mol. The molecule has 0 spiro atoms. The molecule has 110 valence electrons. The summed E-state index contributed by atoms with van der Waals surface area (Å²) in [5, 5.41) is 4.56. The number of pyridine rings is 1. The Morgan fingerprint density at radius 2 is 1.67 bits per heavy atom. The maximum Gasteiger partial charge on any atom is 0.516 e. The van der Waals surface area contributed by atoms with Gasteiger partial charge in [-0.05, 0) is 51.5 Å². The molecular weight excluding hydrogens is 265 g/mol. The van der Waals surface area contributed by atoms with E-state index in [1.54, 1.807) is 12.4 Å². The average Bonchev–Trinajstić information content (AvgIpc) is 2.94. The molecule has 6 heteroatoms. The van der Waals surface area contributed by atoms with Crippen molar-refractivity contribution in [1.29, 1.82) is 0 Å². The summed E-state index contributed by atoms with van der Waals surface area (Å²) in [5.74, 6) is 0. The highest BCUT2D eigenvalue weighted by Gasteiger charge is 2.52. The Labute approximate surface area is 125 Å². The third-order valence-electron chi connectivity index (χ3n) is 4.25. The van der Waals surface area contributed by atoms with Crippen LogP contribution in [-0.4, -0.2) is 33.1 Å². The van der Waals surface area contributed by atoms with Crippen LogP contribution in [0.4, 0.5) is 0 Å². The van der Waals surface area contributed by atoms with E-state index in [0.717, 1.165) is 11.2 Å². The van der Waals surface area contributed by atoms with Gasteiger partial charge in [0.15, 0.2) is 0 Å². The monoisotopic (exact) mass is 285 g/mol. The number of aromatic nitrogens is 3. The number of hydrogen-bond donors (Lipinski definition) is 0. The molecule has 3 heterocycles. The predicted octanol–water partition coefficient (Wildman–Crippen LogP) is 1.63. The molecule has 21 heavy (non-hydrogen) atoms. The zero-order valence-electron chi connectivity index (χ0n) is 12.9. The Morgan fingerprint density at radius 3 is 2.29 bits per heavy atom. The fraction of sp³-hybridized carbons (Fsp3) is 0.467. The van der Waals surface area contributed by atoms with Crippen LogP contribution < -0.4 is 5.59 Å². The first-order valence-corrected chi connectivity index (χ1v) is 7.15. The van der Waals surface area contributed by atoms with E-state index in [1.165, 1.54) is 0 Å². The van der Waals surface area contributed by atoms with Crippen molar-refractivity contribution < 1.29 is 9.31 Å². The van der Waals surface area contributed by atoms with Gasteiger partial charge in [0.1, 0.15) is 0 Å². The Hall–Kier alpha value is -1.66. The summed E-state index contributed by atoms with van der Waals surface area (Å²) in [7, 11) is -0.409. The smallest absolute Gasteiger partial charge is 0.398 e. The van der Waals surface area contributed by atoms with Gasteiger partial charge in [-0.25, -0.2) is 0 Å². The summed E-state index contributed by atoms with van der Waals surface area (Å²) in [6.45, 7) is 8.88. The first-order valence-electron chi connectivity index (χ1n) is 7.15. The molecule has 1 aliphatic rings. The van der Waals surface area contributed by atoms with Crippen molar-refractivity contribution >= 4 is 12.7 Å². The topological polar surface area (TPSA) is 49.2 Å². The van der Waals surface area contributed by atoms with Crippen LogP contribution in [0.25, 0.3) is 0 Å². The minimum absolute atomic E-state index is 0.341. The fourth-order valence-corrected chi connectivity index (χ4v) is 2.23. The summed E-state index contributed by atoms with van der Waals surface area (Å²) in [6, 6.07) is 5.91. The highest BCUT2D eigenvalue weighted by atomic mass is 16.7. The lowest BCUT2D eigenvalue weighted by Gasteiger charge is -2.32. The lowest BCUT2D eigenvalue weighted by molar-refractivity contribution is 0.00578. The zero-order chi connectivity index (χ0) is 15.1. The highest BCUT2D eigenvalue weighted by molar-refractivity contribution is 6.61. The number of hydrogen-bond acceptors (Lipinski definition) is 4. The molecule has 0 radical (unpaired) electrons. The quantitative estimate of drug-likeness (QED) is 0.804. The van der Waals surface area contributed by atoms with Gasteiger partial charge in [0.25, 0.3) is 0 Å². The molecule has 0 saturated carbocycles. The Bertz CT molecular complexity index is 609. The molecule has 0 bridgehead atoms. The molecule has 0 N–H and O–H groups in total. The van der Waals surface area contributed by atoms with E-state index in [-0.39, 0.29) is 11.2 Å². The largest absolute Gasteiger partial charge is 0.516 e. The van der Waals surface area contributed by atoms with Crippen LogP contribution in [0.5, 0.6) is 0 Å². The number of rotatable bonds is 3. The normalized spacial score (nSPS) is 19.9. The number of nitrogens with zero attached hydrogens (tertiary/aromatic N) is 3. The second-order valence-corrected chi connectivity index (χ2v) is 6.38. The molecule has 0 unspecified atom stereocenters. The van der Waals surface area contributed by atoms with E-state index >= 15 is 0 Å². The van der Waals surface area contributed by atoms with Crippen LogP contribution >= 0.6 is 0 Å². The predicted molar refractivity (Wildman–Crippen MR) is 81.3 cm³/mol. The van der Waals surface area contributed by atoms with Crippen molar-refractivity contribution in [3.8, 4) is 0 Å². The van der Waals surface area contributed by atoms with E-state index in [9.17, 15) is 0 Å². The van der Waals surface area contributed by atoms with Gasteiger partial charge in [-0.15, -0.1) is 0 Å². The molecule has 5 nitrogen and oxygen atoms in total. The van der Waals surface area contributed by atoms with Gasteiger partial charge in [0, 0.05) is 18.6 Å². The molecule has 0 aromatic carbocycles. The third-order valence-corrected chi connectivity index (χ3v) is 4.25. The highest BCUT2D eigenvalue weighted by Crippen LogP contribution is 2.36. The molecule has 0 aliphatic carbocycles. The van der Waals surface area contributed by atoms with Crippen LogP contribution in [0.3, 0.4) is 0 Å². The van der Waals surface area contributed by atoms with Crippen molar-refractivity contribution in [3.63, 3.8) is 0 Å². The fourth-order valence-electron chi connectivity index (χ4n) is 2.23. The van der Waals surface area contributed by atoms with E-state index in [4.69, 9.17) is 9.31 Å². The summed E-state index contributed by atoms with van der Waals surface area (Å²) < 4.78 is 13.9. The first kappa shape index (κ1) is 14.3. The second kappa shape index (κ2) is 4.96. The molecule has 2 aromatic heterocycles. The van der Waals surface area contributed by atoms with Crippen molar-refractivity contribution in [2.75, 3.05) is 0 Å². The Morgan fingerprint density at radius 1 is 1.05 bits per heavy atom. The summed E-state index contributed by atoms with van der Waals surface area (Å²) in [4.78, 5) is 4.02. The van der Waals surface area contributed by atoms with Gasteiger partial charge in [0.05, 0.1) is 23.3 Å². The zero-order valence-corrected chi connectivity index (χ0v) is 12.9. The van der Waals surface area contributed by atoms with Gasteiger partial charge >= 0.3 is 7.12 Å². The van der Waals surface area contributed by atoms with Gasteiger partial charge in [-0.1, -0.05) is 0 Å².